The third-order valence-electron chi connectivity index (χ3n) is 2.81. The maximum Gasteiger partial charge on any atom is 0.305 e. The second-order valence-corrected chi connectivity index (χ2v) is 3.91. The Kier molecular flexibility index (Phi) is 5.53. The minimum Gasteiger partial charge on any atom is -0.497 e. The van der Waals surface area contributed by atoms with Crippen LogP contribution in [-0.4, -0.2) is 19.7 Å². The lowest BCUT2D eigenvalue weighted by Gasteiger charge is -2.15. The molecule has 0 aliphatic rings. The molecule has 0 bridgehead atoms. The van der Waals surface area contributed by atoms with Gasteiger partial charge in [-0.3, -0.25) is 4.79 Å². The zero-order chi connectivity index (χ0) is 12.7. The van der Waals surface area contributed by atoms with Crippen LogP contribution in [0, 0.1) is 0 Å². The first-order valence-corrected chi connectivity index (χ1v) is 6.00. The molecule has 1 aromatic rings. The number of hydrogen-bond donors (Lipinski definition) is 0. The van der Waals surface area contributed by atoms with Crippen molar-refractivity contribution in [3.8, 4) is 5.75 Å². The van der Waals surface area contributed by atoms with Crippen LogP contribution in [0.4, 0.5) is 0 Å². The third kappa shape index (κ3) is 4.10. The normalized spacial score (nSPS) is 11.9. The molecule has 0 saturated heterocycles. The second kappa shape index (κ2) is 6.94. The van der Waals surface area contributed by atoms with Crippen molar-refractivity contribution in [3.63, 3.8) is 0 Å². The average Bonchev–Trinajstić information content (AvgIpc) is 2.39. The number of esters is 1. The van der Waals surface area contributed by atoms with Gasteiger partial charge in [0, 0.05) is 12.3 Å². The maximum absolute atomic E-state index is 11.1. The fourth-order valence-electron chi connectivity index (χ4n) is 1.62. The maximum atomic E-state index is 11.1. The van der Waals surface area contributed by atoms with E-state index in [4.69, 9.17) is 9.47 Å². The summed E-state index contributed by atoms with van der Waals surface area (Å²) >= 11 is 0. The summed E-state index contributed by atoms with van der Waals surface area (Å²) in [6.07, 6.45) is 1.38. The summed E-state index contributed by atoms with van der Waals surface area (Å²) in [5.74, 6) is 0.961. The molecule has 3 heteroatoms. The van der Waals surface area contributed by atoms with E-state index in [1.54, 1.807) is 14.0 Å². The number of ether oxygens (including phenoxy) is 2. The van der Waals surface area contributed by atoms with Gasteiger partial charge in [0.15, 0.2) is 0 Å². The molecule has 0 N–H and O–H groups in total. The first-order valence-electron chi connectivity index (χ1n) is 6.00. The minimum atomic E-state index is -0.142. The highest BCUT2D eigenvalue weighted by atomic mass is 16.5. The molecule has 3 nitrogen and oxygen atoms in total. The Morgan fingerprint density at radius 3 is 2.35 bits per heavy atom. The van der Waals surface area contributed by atoms with Crippen molar-refractivity contribution < 1.29 is 14.3 Å². The van der Waals surface area contributed by atoms with Gasteiger partial charge in [-0.25, -0.2) is 0 Å². The van der Waals surface area contributed by atoms with Crippen LogP contribution in [-0.2, 0) is 9.53 Å². The molecule has 0 aliphatic carbocycles. The summed E-state index contributed by atoms with van der Waals surface area (Å²) in [6, 6.07) is 7.90. The van der Waals surface area contributed by atoms with Gasteiger partial charge in [0.2, 0.25) is 0 Å². The van der Waals surface area contributed by atoms with Gasteiger partial charge in [-0.2, -0.15) is 0 Å². The van der Waals surface area contributed by atoms with Crippen LogP contribution in [0.25, 0.3) is 0 Å². The zero-order valence-corrected chi connectivity index (χ0v) is 10.7. The Morgan fingerprint density at radius 1 is 1.24 bits per heavy atom. The van der Waals surface area contributed by atoms with Crippen molar-refractivity contribution in [1.82, 2.24) is 0 Å². The van der Waals surface area contributed by atoms with E-state index in [1.807, 2.05) is 24.3 Å². The molecule has 1 aromatic carbocycles. The van der Waals surface area contributed by atoms with Gasteiger partial charge in [0.25, 0.3) is 0 Å². The molecule has 0 amide bonds. The van der Waals surface area contributed by atoms with Crippen LogP contribution in [0.3, 0.4) is 0 Å². The molecule has 0 unspecified atom stereocenters. The van der Waals surface area contributed by atoms with Crippen LogP contribution >= 0.6 is 0 Å². The van der Waals surface area contributed by atoms with Crippen molar-refractivity contribution in [1.29, 1.82) is 0 Å². The highest BCUT2D eigenvalue weighted by Gasteiger charge is 2.11. The molecule has 0 fully saturated rings. The van der Waals surface area contributed by atoms with Gasteiger partial charge < -0.3 is 9.47 Å². The summed E-state index contributed by atoms with van der Waals surface area (Å²) in [5, 5.41) is 0. The van der Waals surface area contributed by atoms with Crippen LogP contribution in [0.5, 0.6) is 5.75 Å². The van der Waals surface area contributed by atoms with Gasteiger partial charge in [-0.05, 0) is 24.1 Å². The summed E-state index contributed by atoms with van der Waals surface area (Å²) in [5.41, 5.74) is 1.18. The van der Waals surface area contributed by atoms with Crippen molar-refractivity contribution in [2.24, 2.45) is 0 Å². The monoisotopic (exact) mass is 236 g/mol. The summed E-state index contributed by atoms with van der Waals surface area (Å²) in [4.78, 5) is 11.1. The summed E-state index contributed by atoms with van der Waals surface area (Å²) < 4.78 is 10.3. The SMILES string of the molecule is CCC(=O)OC[C@@H](CC)c1ccc(OC)cc1. The quantitative estimate of drug-likeness (QED) is 0.712. The van der Waals surface area contributed by atoms with E-state index in [-0.39, 0.29) is 11.9 Å². The molecule has 0 aliphatic heterocycles. The van der Waals surface area contributed by atoms with Crippen molar-refractivity contribution in [2.75, 3.05) is 13.7 Å². The van der Waals surface area contributed by atoms with E-state index in [1.165, 1.54) is 5.56 Å². The zero-order valence-electron chi connectivity index (χ0n) is 10.7. The molecule has 1 atom stereocenters. The molecular formula is C14H20O3. The predicted molar refractivity (Wildman–Crippen MR) is 67.3 cm³/mol. The molecular weight excluding hydrogens is 216 g/mol. The summed E-state index contributed by atoms with van der Waals surface area (Å²) in [7, 11) is 1.65. The van der Waals surface area contributed by atoms with Gasteiger partial charge in [0.1, 0.15) is 5.75 Å². The van der Waals surface area contributed by atoms with E-state index >= 15 is 0 Å². The topological polar surface area (TPSA) is 35.5 Å². The van der Waals surface area contributed by atoms with Crippen molar-refractivity contribution in [2.45, 2.75) is 32.6 Å². The smallest absolute Gasteiger partial charge is 0.305 e. The van der Waals surface area contributed by atoms with Crippen molar-refractivity contribution >= 4 is 5.97 Å². The Morgan fingerprint density at radius 2 is 1.88 bits per heavy atom. The fourth-order valence-corrected chi connectivity index (χ4v) is 1.62. The molecule has 1 rings (SSSR count). The molecule has 0 saturated carbocycles. The first-order chi connectivity index (χ1) is 8.21. The number of benzene rings is 1. The Hall–Kier alpha value is -1.51. The van der Waals surface area contributed by atoms with Crippen LogP contribution in [0.2, 0.25) is 0 Å². The second-order valence-electron chi connectivity index (χ2n) is 3.91. The Labute approximate surface area is 103 Å². The highest BCUT2D eigenvalue weighted by Crippen LogP contribution is 2.22. The van der Waals surface area contributed by atoms with Crippen LogP contribution in [0.15, 0.2) is 24.3 Å². The number of hydrogen-bond acceptors (Lipinski definition) is 3. The summed E-state index contributed by atoms with van der Waals surface area (Å²) in [6.45, 7) is 4.35. The highest BCUT2D eigenvalue weighted by molar-refractivity contribution is 5.68. The van der Waals surface area contributed by atoms with E-state index in [0.717, 1.165) is 12.2 Å². The fraction of sp³-hybridized carbons (Fsp3) is 0.500. The molecule has 94 valence electrons. The van der Waals surface area contributed by atoms with Crippen LogP contribution in [0.1, 0.15) is 38.2 Å². The lowest BCUT2D eigenvalue weighted by atomic mass is 9.97. The molecule has 17 heavy (non-hydrogen) atoms. The average molecular weight is 236 g/mol. The van der Waals surface area contributed by atoms with Gasteiger partial charge in [-0.15, -0.1) is 0 Å². The minimum absolute atomic E-state index is 0.142. The number of methoxy groups -OCH3 is 1. The number of carbonyl (C=O) groups excluding carboxylic acids is 1. The lowest BCUT2D eigenvalue weighted by molar-refractivity contribution is -0.143. The molecule has 0 heterocycles. The lowest BCUT2D eigenvalue weighted by Crippen LogP contribution is -2.11. The first kappa shape index (κ1) is 13.6. The van der Waals surface area contributed by atoms with Gasteiger partial charge in [0.05, 0.1) is 13.7 Å². The van der Waals surface area contributed by atoms with Gasteiger partial charge >= 0.3 is 5.97 Å². The Bertz CT molecular complexity index is 343. The van der Waals surface area contributed by atoms with E-state index < -0.39 is 0 Å². The van der Waals surface area contributed by atoms with E-state index in [9.17, 15) is 4.79 Å². The molecule has 0 radical (unpaired) electrons. The van der Waals surface area contributed by atoms with E-state index in [0.29, 0.717) is 13.0 Å². The number of carbonyl (C=O) groups is 1. The predicted octanol–water partition coefficient (Wildman–Crippen LogP) is 3.14. The largest absolute Gasteiger partial charge is 0.497 e. The molecule has 0 aromatic heterocycles. The van der Waals surface area contributed by atoms with Gasteiger partial charge in [-0.1, -0.05) is 26.0 Å². The van der Waals surface area contributed by atoms with Crippen molar-refractivity contribution in [3.05, 3.63) is 29.8 Å². The van der Waals surface area contributed by atoms with E-state index in [2.05, 4.69) is 6.92 Å². The van der Waals surface area contributed by atoms with Crippen LogP contribution < -0.4 is 4.74 Å². The Balaban J connectivity index is 2.62. The number of rotatable bonds is 6. The molecule has 0 spiro atoms. The standard InChI is InChI=1S/C14H20O3/c1-4-11(10-17-14(15)5-2)12-6-8-13(16-3)9-7-12/h6-9,11H,4-5,10H2,1-3H3/t11-/m1/s1. The third-order valence-corrected chi connectivity index (χ3v) is 2.81.